The van der Waals surface area contributed by atoms with Crippen molar-refractivity contribution in [1.82, 2.24) is 10.2 Å². The third kappa shape index (κ3) is 4.27. The van der Waals surface area contributed by atoms with Crippen molar-refractivity contribution in [2.75, 3.05) is 46.6 Å². The summed E-state index contributed by atoms with van der Waals surface area (Å²) in [4.78, 5) is 26.1. The highest BCUT2D eigenvalue weighted by Crippen LogP contribution is 2.10. The van der Waals surface area contributed by atoms with Gasteiger partial charge in [0, 0.05) is 37.9 Å². The predicted molar refractivity (Wildman–Crippen MR) is 77.4 cm³/mol. The van der Waals surface area contributed by atoms with Crippen molar-refractivity contribution < 1.29 is 19.1 Å². The number of nitrogens with zero attached hydrogens (tertiary/aromatic N) is 1. The number of ether oxygens (including phenoxy) is 2. The number of hydrogen-bond donors (Lipinski definition) is 1. The molecule has 1 fully saturated rings. The lowest BCUT2D eigenvalue weighted by molar-refractivity contribution is 0.0303. The number of amides is 2. The Morgan fingerprint density at radius 1 is 1.29 bits per heavy atom. The Balaban J connectivity index is 2.02. The molecule has 1 aromatic carbocycles. The number of hydrogen-bond acceptors (Lipinski definition) is 4. The second-order valence-electron chi connectivity index (χ2n) is 4.73. The van der Waals surface area contributed by atoms with Crippen molar-refractivity contribution in [3.8, 4) is 0 Å². The molecular formula is C15H20N2O4. The van der Waals surface area contributed by atoms with E-state index in [1.165, 1.54) is 0 Å². The zero-order chi connectivity index (χ0) is 15.1. The fraction of sp³-hybridized carbons (Fsp3) is 0.467. The number of benzene rings is 1. The smallest absolute Gasteiger partial charge is 0.254 e. The molecule has 0 bridgehead atoms. The topological polar surface area (TPSA) is 67.9 Å². The second-order valence-corrected chi connectivity index (χ2v) is 4.73. The summed E-state index contributed by atoms with van der Waals surface area (Å²) in [6.45, 7) is 3.19. The molecule has 1 aliphatic heterocycles. The van der Waals surface area contributed by atoms with Crippen LogP contribution in [0.15, 0.2) is 24.3 Å². The van der Waals surface area contributed by atoms with E-state index in [4.69, 9.17) is 9.47 Å². The van der Waals surface area contributed by atoms with Crippen molar-refractivity contribution in [2.24, 2.45) is 0 Å². The van der Waals surface area contributed by atoms with Gasteiger partial charge in [0.15, 0.2) is 0 Å². The molecule has 114 valence electrons. The molecule has 0 unspecified atom stereocenters. The molecule has 0 aromatic heterocycles. The molecule has 0 radical (unpaired) electrons. The van der Waals surface area contributed by atoms with Crippen LogP contribution in [0.2, 0.25) is 0 Å². The van der Waals surface area contributed by atoms with Crippen molar-refractivity contribution in [3.05, 3.63) is 35.4 Å². The van der Waals surface area contributed by atoms with Crippen LogP contribution >= 0.6 is 0 Å². The Kier molecular flexibility index (Phi) is 5.71. The van der Waals surface area contributed by atoms with E-state index in [-0.39, 0.29) is 11.8 Å². The minimum Gasteiger partial charge on any atom is -0.383 e. The number of morpholine rings is 1. The number of rotatable bonds is 5. The molecule has 2 amide bonds. The minimum atomic E-state index is -0.205. The number of methoxy groups -OCH3 is 1. The highest BCUT2D eigenvalue weighted by atomic mass is 16.5. The fourth-order valence-electron chi connectivity index (χ4n) is 2.11. The maximum Gasteiger partial charge on any atom is 0.254 e. The first-order valence-corrected chi connectivity index (χ1v) is 6.96. The summed E-state index contributed by atoms with van der Waals surface area (Å²) in [6, 6.07) is 6.76. The second kappa shape index (κ2) is 7.75. The van der Waals surface area contributed by atoms with E-state index in [0.717, 1.165) is 0 Å². The van der Waals surface area contributed by atoms with Gasteiger partial charge in [-0.05, 0) is 18.2 Å². The molecule has 1 aliphatic rings. The minimum absolute atomic E-state index is 0.0650. The highest BCUT2D eigenvalue weighted by Gasteiger charge is 2.19. The third-order valence-corrected chi connectivity index (χ3v) is 3.26. The predicted octanol–water partition coefficient (Wildman–Crippen LogP) is 0.535. The van der Waals surface area contributed by atoms with Gasteiger partial charge in [0.25, 0.3) is 11.8 Å². The Morgan fingerprint density at radius 2 is 2.00 bits per heavy atom. The van der Waals surface area contributed by atoms with E-state index in [1.54, 1.807) is 36.3 Å². The summed E-state index contributed by atoms with van der Waals surface area (Å²) < 4.78 is 10.1. The summed E-state index contributed by atoms with van der Waals surface area (Å²) in [5, 5.41) is 2.74. The van der Waals surface area contributed by atoms with Gasteiger partial charge in [-0.25, -0.2) is 0 Å². The molecular weight excluding hydrogens is 272 g/mol. The zero-order valence-corrected chi connectivity index (χ0v) is 12.1. The molecule has 21 heavy (non-hydrogen) atoms. The average Bonchev–Trinajstić information content (AvgIpc) is 2.55. The van der Waals surface area contributed by atoms with E-state index < -0.39 is 0 Å². The maximum atomic E-state index is 12.4. The van der Waals surface area contributed by atoms with Gasteiger partial charge in [0.2, 0.25) is 0 Å². The van der Waals surface area contributed by atoms with E-state index >= 15 is 0 Å². The Morgan fingerprint density at radius 3 is 2.71 bits per heavy atom. The number of nitrogens with one attached hydrogen (secondary N) is 1. The molecule has 1 heterocycles. The molecule has 6 heteroatoms. The van der Waals surface area contributed by atoms with Crippen molar-refractivity contribution in [2.45, 2.75) is 0 Å². The van der Waals surface area contributed by atoms with Crippen LogP contribution in [0.4, 0.5) is 0 Å². The third-order valence-electron chi connectivity index (χ3n) is 3.26. The van der Waals surface area contributed by atoms with Gasteiger partial charge >= 0.3 is 0 Å². The van der Waals surface area contributed by atoms with Gasteiger partial charge in [-0.15, -0.1) is 0 Å². The first kappa shape index (κ1) is 15.5. The average molecular weight is 292 g/mol. The molecule has 0 atom stereocenters. The molecule has 6 nitrogen and oxygen atoms in total. The van der Waals surface area contributed by atoms with E-state index in [1.807, 2.05) is 0 Å². The van der Waals surface area contributed by atoms with Gasteiger partial charge in [-0.1, -0.05) is 6.07 Å². The van der Waals surface area contributed by atoms with Crippen LogP contribution in [0.5, 0.6) is 0 Å². The zero-order valence-electron chi connectivity index (χ0n) is 12.1. The summed E-state index contributed by atoms with van der Waals surface area (Å²) >= 11 is 0. The molecule has 0 spiro atoms. The lowest BCUT2D eigenvalue weighted by Gasteiger charge is -2.27. The largest absolute Gasteiger partial charge is 0.383 e. The SMILES string of the molecule is COCCNC(=O)c1cccc(C(=O)N2CCOCC2)c1. The lowest BCUT2D eigenvalue weighted by atomic mass is 10.1. The van der Waals surface area contributed by atoms with Crippen molar-refractivity contribution >= 4 is 11.8 Å². The molecule has 1 N–H and O–H groups in total. The van der Waals surface area contributed by atoms with E-state index in [9.17, 15) is 9.59 Å². The molecule has 0 saturated carbocycles. The summed E-state index contributed by atoms with van der Waals surface area (Å²) in [7, 11) is 1.58. The van der Waals surface area contributed by atoms with Gasteiger partial charge in [0.05, 0.1) is 19.8 Å². The first-order valence-electron chi connectivity index (χ1n) is 6.96. The van der Waals surface area contributed by atoms with Crippen LogP contribution in [-0.4, -0.2) is 63.3 Å². The van der Waals surface area contributed by atoms with Crippen LogP contribution in [0.3, 0.4) is 0 Å². The summed E-state index contributed by atoms with van der Waals surface area (Å²) in [5.74, 6) is -0.270. The van der Waals surface area contributed by atoms with Gasteiger partial charge in [-0.3, -0.25) is 9.59 Å². The van der Waals surface area contributed by atoms with E-state index in [0.29, 0.717) is 50.6 Å². The lowest BCUT2D eigenvalue weighted by Crippen LogP contribution is -2.40. The first-order chi connectivity index (χ1) is 10.2. The van der Waals surface area contributed by atoms with Crippen molar-refractivity contribution in [1.29, 1.82) is 0 Å². The highest BCUT2D eigenvalue weighted by molar-refractivity contribution is 5.99. The fourth-order valence-corrected chi connectivity index (χ4v) is 2.11. The quantitative estimate of drug-likeness (QED) is 0.804. The van der Waals surface area contributed by atoms with Crippen LogP contribution in [0.1, 0.15) is 20.7 Å². The van der Waals surface area contributed by atoms with Gasteiger partial charge < -0.3 is 19.7 Å². The Bertz CT molecular complexity index is 498. The van der Waals surface area contributed by atoms with Crippen LogP contribution in [0.25, 0.3) is 0 Å². The number of carbonyl (C=O) groups is 2. The normalized spacial score (nSPS) is 14.8. The Hall–Kier alpha value is -1.92. The number of carbonyl (C=O) groups excluding carboxylic acids is 2. The van der Waals surface area contributed by atoms with E-state index in [2.05, 4.69) is 5.32 Å². The maximum absolute atomic E-state index is 12.4. The van der Waals surface area contributed by atoms with Gasteiger partial charge in [0.1, 0.15) is 0 Å². The molecule has 2 rings (SSSR count). The molecule has 0 aliphatic carbocycles. The van der Waals surface area contributed by atoms with Crippen LogP contribution < -0.4 is 5.32 Å². The molecule has 1 aromatic rings. The summed E-state index contributed by atoms with van der Waals surface area (Å²) in [6.07, 6.45) is 0. The monoisotopic (exact) mass is 292 g/mol. The standard InChI is InChI=1S/C15H20N2O4/c1-20-8-5-16-14(18)12-3-2-4-13(11-12)15(19)17-6-9-21-10-7-17/h2-4,11H,5-10H2,1H3,(H,16,18). The van der Waals surface area contributed by atoms with Crippen LogP contribution in [-0.2, 0) is 9.47 Å². The van der Waals surface area contributed by atoms with Crippen LogP contribution in [0, 0.1) is 0 Å². The van der Waals surface area contributed by atoms with Crippen molar-refractivity contribution in [3.63, 3.8) is 0 Å². The molecule has 1 saturated heterocycles. The Labute approximate surface area is 124 Å². The summed E-state index contributed by atoms with van der Waals surface area (Å²) in [5.41, 5.74) is 1.00. The van der Waals surface area contributed by atoms with Gasteiger partial charge in [-0.2, -0.15) is 0 Å².